The topological polar surface area (TPSA) is 69.6 Å². The number of carboxylic acid groups (broad SMARTS) is 1. The molecule has 2 unspecified atom stereocenters. The maximum absolute atomic E-state index is 12.0. The van der Waals surface area contributed by atoms with Crippen LogP contribution in [0.25, 0.3) is 0 Å². The maximum atomic E-state index is 12.0. The molecule has 2 aliphatic rings. The van der Waals surface area contributed by atoms with Crippen molar-refractivity contribution in [3.05, 3.63) is 0 Å². The molecule has 1 amide bonds. The highest BCUT2D eigenvalue weighted by atomic mass is 16.4. The number of hydrogen-bond acceptors (Lipinski definition) is 3. The molecule has 20 heavy (non-hydrogen) atoms. The molecular weight excluding hydrogens is 256 g/mol. The number of carboxylic acids is 1. The van der Waals surface area contributed by atoms with Crippen LogP contribution in [0.3, 0.4) is 0 Å². The molecule has 1 aliphatic heterocycles. The molecule has 5 nitrogen and oxygen atoms in total. The Hall–Kier alpha value is -1.10. The van der Waals surface area contributed by atoms with Gasteiger partial charge in [0, 0.05) is 19.1 Å². The van der Waals surface area contributed by atoms with Gasteiger partial charge in [0.15, 0.2) is 0 Å². The van der Waals surface area contributed by atoms with E-state index in [0.717, 1.165) is 32.2 Å². The molecular formula is C15H26N2O3. The maximum Gasteiger partial charge on any atom is 0.305 e. The van der Waals surface area contributed by atoms with E-state index in [1.807, 2.05) is 0 Å². The summed E-state index contributed by atoms with van der Waals surface area (Å²) in [4.78, 5) is 25.1. The van der Waals surface area contributed by atoms with Crippen molar-refractivity contribution in [1.29, 1.82) is 0 Å². The van der Waals surface area contributed by atoms with Crippen LogP contribution in [0.2, 0.25) is 0 Å². The van der Waals surface area contributed by atoms with Crippen molar-refractivity contribution in [3.63, 3.8) is 0 Å². The second kappa shape index (κ2) is 6.12. The third-order valence-electron chi connectivity index (χ3n) is 4.75. The lowest BCUT2D eigenvalue weighted by Gasteiger charge is -2.40. The van der Waals surface area contributed by atoms with Crippen molar-refractivity contribution in [2.45, 2.75) is 64.5 Å². The van der Waals surface area contributed by atoms with Gasteiger partial charge in [-0.2, -0.15) is 0 Å². The fourth-order valence-electron chi connectivity index (χ4n) is 3.52. The van der Waals surface area contributed by atoms with Crippen molar-refractivity contribution >= 4 is 11.9 Å². The standard InChI is InChI=1S/C15H26N2O3/c1-15(2)6-3-4-11(5-7-15)17-9-8-16-14(20)12(17)10-13(18)19/h11-12H,3-10H2,1-2H3,(H,16,20)(H,18,19). The molecule has 0 aromatic carbocycles. The van der Waals surface area contributed by atoms with Gasteiger partial charge in [-0.15, -0.1) is 0 Å². The predicted molar refractivity (Wildman–Crippen MR) is 76.4 cm³/mol. The monoisotopic (exact) mass is 282 g/mol. The first-order valence-corrected chi connectivity index (χ1v) is 7.64. The number of hydrogen-bond donors (Lipinski definition) is 2. The van der Waals surface area contributed by atoms with Crippen LogP contribution >= 0.6 is 0 Å². The van der Waals surface area contributed by atoms with E-state index < -0.39 is 12.0 Å². The van der Waals surface area contributed by atoms with Crippen LogP contribution in [-0.2, 0) is 9.59 Å². The van der Waals surface area contributed by atoms with Crippen LogP contribution in [0.4, 0.5) is 0 Å². The van der Waals surface area contributed by atoms with E-state index in [1.165, 1.54) is 6.42 Å². The van der Waals surface area contributed by atoms with Gasteiger partial charge in [-0.25, -0.2) is 0 Å². The lowest BCUT2D eigenvalue weighted by molar-refractivity contribution is -0.144. The molecule has 2 fully saturated rings. The molecule has 0 aromatic heterocycles. The molecule has 0 spiro atoms. The van der Waals surface area contributed by atoms with Gasteiger partial charge < -0.3 is 10.4 Å². The molecule has 2 rings (SSSR count). The summed E-state index contributed by atoms with van der Waals surface area (Å²) in [6.07, 6.45) is 5.58. The summed E-state index contributed by atoms with van der Waals surface area (Å²) in [5.74, 6) is -1.02. The van der Waals surface area contributed by atoms with Crippen molar-refractivity contribution in [2.24, 2.45) is 5.41 Å². The molecule has 2 atom stereocenters. The third kappa shape index (κ3) is 3.72. The number of aliphatic carboxylic acids is 1. The summed E-state index contributed by atoms with van der Waals surface area (Å²) in [5.41, 5.74) is 0.370. The van der Waals surface area contributed by atoms with Gasteiger partial charge in [-0.3, -0.25) is 14.5 Å². The summed E-state index contributed by atoms with van der Waals surface area (Å²) in [5, 5.41) is 11.8. The largest absolute Gasteiger partial charge is 0.481 e. The number of carbonyl (C=O) groups excluding carboxylic acids is 1. The lowest BCUT2D eigenvalue weighted by atomic mass is 9.85. The first-order valence-electron chi connectivity index (χ1n) is 7.64. The van der Waals surface area contributed by atoms with Crippen LogP contribution in [0, 0.1) is 5.41 Å². The van der Waals surface area contributed by atoms with Gasteiger partial charge in [0.25, 0.3) is 0 Å². The Morgan fingerprint density at radius 1 is 1.40 bits per heavy atom. The zero-order valence-corrected chi connectivity index (χ0v) is 12.5. The van der Waals surface area contributed by atoms with Crippen LogP contribution in [0.15, 0.2) is 0 Å². The van der Waals surface area contributed by atoms with Gasteiger partial charge >= 0.3 is 5.97 Å². The fourth-order valence-corrected chi connectivity index (χ4v) is 3.52. The molecule has 1 heterocycles. The summed E-state index contributed by atoms with van der Waals surface area (Å²) >= 11 is 0. The van der Waals surface area contributed by atoms with Crippen LogP contribution in [0.5, 0.6) is 0 Å². The summed E-state index contributed by atoms with van der Waals surface area (Å²) in [6.45, 7) is 6.00. The van der Waals surface area contributed by atoms with Gasteiger partial charge in [0.2, 0.25) is 5.91 Å². The van der Waals surface area contributed by atoms with Crippen LogP contribution < -0.4 is 5.32 Å². The van der Waals surface area contributed by atoms with E-state index in [9.17, 15) is 9.59 Å². The summed E-state index contributed by atoms with van der Waals surface area (Å²) in [7, 11) is 0. The van der Waals surface area contributed by atoms with Gasteiger partial charge in [-0.1, -0.05) is 20.3 Å². The third-order valence-corrected chi connectivity index (χ3v) is 4.75. The van der Waals surface area contributed by atoms with Gasteiger partial charge in [0.1, 0.15) is 0 Å². The highest BCUT2D eigenvalue weighted by Gasteiger charge is 2.37. The van der Waals surface area contributed by atoms with E-state index in [-0.39, 0.29) is 12.3 Å². The Balaban J connectivity index is 2.07. The number of carbonyl (C=O) groups is 2. The number of nitrogens with zero attached hydrogens (tertiary/aromatic N) is 1. The Morgan fingerprint density at radius 2 is 2.15 bits per heavy atom. The lowest BCUT2D eigenvalue weighted by Crippen LogP contribution is -2.59. The minimum absolute atomic E-state index is 0.0915. The zero-order valence-electron chi connectivity index (χ0n) is 12.5. The van der Waals surface area contributed by atoms with E-state index in [4.69, 9.17) is 5.11 Å². The quantitative estimate of drug-likeness (QED) is 0.772. The van der Waals surface area contributed by atoms with Crippen LogP contribution in [0.1, 0.15) is 52.4 Å². The van der Waals surface area contributed by atoms with Crippen molar-refractivity contribution < 1.29 is 14.7 Å². The summed E-state index contributed by atoms with van der Waals surface area (Å²) in [6, 6.07) is -0.139. The number of piperazine rings is 1. The Bertz CT molecular complexity index is 381. The van der Waals surface area contributed by atoms with E-state index in [2.05, 4.69) is 24.1 Å². The number of rotatable bonds is 3. The molecule has 0 aromatic rings. The minimum Gasteiger partial charge on any atom is -0.481 e. The average molecular weight is 282 g/mol. The van der Waals surface area contributed by atoms with Gasteiger partial charge in [-0.05, 0) is 31.1 Å². The first kappa shape index (κ1) is 15.3. The minimum atomic E-state index is -0.897. The summed E-state index contributed by atoms with van der Waals surface area (Å²) < 4.78 is 0. The van der Waals surface area contributed by atoms with E-state index in [1.54, 1.807) is 0 Å². The van der Waals surface area contributed by atoms with E-state index >= 15 is 0 Å². The van der Waals surface area contributed by atoms with Crippen molar-refractivity contribution in [1.82, 2.24) is 10.2 Å². The molecule has 1 aliphatic carbocycles. The molecule has 1 saturated heterocycles. The van der Waals surface area contributed by atoms with E-state index in [0.29, 0.717) is 18.0 Å². The number of amides is 1. The molecule has 0 bridgehead atoms. The zero-order chi connectivity index (χ0) is 14.8. The van der Waals surface area contributed by atoms with Gasteiger partial charge in [0.05, 0.1) is 12.5 Å². The molecule has 114 valence electrons. The smallest absolute Gasteiger partial charge is 0.305 e. The average Bonchev–Trinajstić information content (AvgIpc) is 2.52. The Morgan fingerprint density at radius 3 is 2.85 bits per heavy atom. The molecule has 2 N–H and O–H groups in total. The molecule has 5 heteroatoms. The molecule has 0 radical (unpaired) electrons. The Labute approximate surface area is 120 Å². The van der Waals surface area contributed by atoms with Crippen LogP contribution in [-0.4, -0.2) is 47.1 Å². The molecule has 1 saturated carbocycles. The Kier molecular flexibility index (Phi) is 4.68. The first-order chi connectivity index (χ1) is 9.39. The van der Waals surface area contributed by atoms with Crippen molar-refractivity contribution in [3.8, 4) is 0 Å². The van der Waals surface area contributed by atoms with Crippen molar-refractivity contribution in [2.75, 3.05) is 13.1 Å². The normalized spacial score (nSPS) is 31.4. The highest BCUT2D eigenvalue weighted by Crippen LogP contribution is 2.36. The SMILES string of the molecule is CC1(C)CCCC(N2CCNC(=O)C2CC(=O)O)CC1. The predicted octanol–water partition coefficient (Wildman–Crippen LogP) is 1.62. The fraction of sp³-hybridized carbons (Fsp3) is 0.867. The highest BCUT2D eigenvalue weighted by molar-refractivity contribution is 5.86. The second-order valence-electron chi connectivity index (χ2n) is 6.89. The number of nitrogens with one attached hydrogen (secondary N) is 1. The second-order valence-corrected chi connectivity index (χ2v) is 6.89.